The van der Waals surface area contributed by atoms with Gasteiger partial charge in [-0.2, -0.15) is 0 Å². The second kappa shape index (κ2) is 34.5. The van der Waals surface area contributed by atoms with Crippen molar-refractivity contribution in [2.24, 2.45) is 0 Å². The number of phosphoric ester groups is 1. The lowest BCUT2D eigenvalue weighted by atomic mass is 10.0. The summed E-state index contributed by atoms with van der Waals surface area (Å²) in [4.78, 5) is 35.3. The lowest BCUT2D eigenvalue weighted by molar-refractivity contribution is -0.870. The fraction of sp³-hybridized carbons (Fsp3) is 0.739. The van der Waals surface area contributed by atoms with Gasteiger partial charge < -0.3 is 23.6 Å². The quantitative estimate of drug-likeness (QED) is 0.0162. The van der Waals surface area contributed by atoms with Crippen LogP contribution in [-0.2, 0) is 37.4 Å². The molecule has 1 saturated heterocycles. The predicted molar refractivity (Wildman–Crippen MR) is 233 cm³/mol. The average Bonchev–Trinajstić information content (AvgIpc) is 3.91. The molecule has 0 spiro atoms. The number of ether oxygens (including phenoxy) is 3. The molecule has 0 bridgehead atoms. The normalized spacial score (nSPS) is 17.7. The van der Waals surface area contributed by atoms with Crippen LogP contribution in [0.25, 0.3) is 0 Å². The van der Waals surface area contributed by atoms with Crippen molar-refractivity contribution in [3.05, 3.63) is 60.8 Å². The number of rotatable bonds is 38. The minimum absolute atomic E-state index is 0.0146. The van der Waals surface area contributed by atoms with Crippen molar-refractivity contribution in [1.82, 2.24) is 0 Å². The number of allylic oxidation sites excluding steroid dienone is 8. The topological polar surface area (TPSA) is 121 Å². The van der Waals surface area contributed by atoms with Gasteiger partial charge in [-0.1, -0.05) is 152 Å². The third-order valence-corrected chi connectivity index (χ3v) is 10.5. The molecule has 0 aromatic rings. The van der Waals surface area contributed by atoms with Gasteiger partial charge in [0.1, 0.15) is 19.8 Å². The largest absolute Gasteiger partial charge is 0.472 e. The first kappa shape index (κ1) is 52.7. The highest BCUT2D eigenvalue weighted by Crippen LogP contribution is 2.43. The lowest BCUT2D eigenvalue weighted by Crippen LogP contribution is -2.37. The molecule has 1 heterocycles. The maximum absolute atomic E-state index is 12.7. The molecular weight excluding hydrogens is 741 g/mol. The van der Waals surface area contributed by atoms with Gasteiger partial charge in [-0.15, -0.1) is 0 Å². The smallest absolute Gasteiger partial charge is 0.462 e. The Hall–Kier alpha value is -2.33. The molecule has 0 radical (unpaired) electrons. The van der Waals surface area contributed by atoms with Crippen molar-refractivity contribution in [3.63, 3.8) is 0 Å². The number of quaternary nitrogens is 1. The highest BCUT2D eigenvalue weighted by atomic mass is 31.2. The summed E-state index contributed by atoms with van der Waals surface area (Å²) >= 11 is 0. The standard InChI is InChI=1S/C46H80NO9P/c1-6-8-10-11-12-13-14-15-19-22-25-28-32-36-45(48)52-40-42(41-54-57(50,51)53-39-38-47(3,4)5)55-46(49)37-33-29-26-23-20-17-16-18-21-24-27-31-35-44-43(56-44)34-30-9-7-2/h9,17-18,20-21,26-27,29-31,42-44H,6-8,10-16,19,22-25,28,32-41H2,1-5H3/p+1/b20-17-,21-18-,29-26-,30-9-,31-27-/t42-,43?,44?/m1/s1. The molecule has 11 heteroatoms. The zero-order chi connectivity index (χ0) is 41.9. The molecule has 0 aliphatic carbocycles. The Balaban J connectivity index is 2.33. The molecule has 57 heavy (non-hydrogen) atoms. The zero-order valence-electron chi connectivity index (χ0n) is 36.5. The number of likely N-dealkylation sites (N-methyl/N-ethyl adjacent to an activating group) is 1. The van der Waals surface area contributed by atoms with Gasteiger partial charge in [0.05, 0.1) is 40.0 Å². The van der Waals surface area contributed by atoms with Crippen LogP contribution in [0.3, 0.4) is 0 Å². The number of unbranched alkanes of at least 4 members (excludes halogenated alkanes) is 12. The highest BCUT2D eigenvalue weighted by Gasteiger charge is 2.36. The number of hydrogen-bond donors (Lipinski definition) is 1. The van der Waals surface area contributed by atoms with E-state index in [0.29, 0.717) is 29.7 Å². The van der Waals surface area contributed by atoms with E-state index < -0.39 is 32.5 Å². The van der Waals surface area contributed by atoms with E-state index in [1.54, 1.807) is 0 Å². The van der Waals surface area contributed by atoms with E-state index in [4.69, 9.17) is 23.3 Å². The summed E-state index contributed by atoms with van der Waals surface area (Å²) in [5.74, 6) is -0.902. The maximum atomic E-state index is 12.7. The van der Waals surface area contributed by atoms with Gasteiger partial charge in [-0.05, 0) is 51.4 Å². The molecule has 328 valence electrons. The Kier molecular flexibility index (Phi) is 31.9. The van der Waals surface area contributed by atoms with Crippen molar-refractivity contribution in [2.45, 2.75) is 173 Å². The van der Waals surface area contributed by atoms with E-state index in [0.717, 1.165) is 57.8 Å². The van der Waals surface area contributed by atoms with E-state index in [1.165, 1.54) is 64.2 Å². The number of carbonyl (C=O) groups is 2. The van der Waals surface area contributed by atoms with Crippen molar-refractivity contribution in [1.29, 1.82) is 0 Å². The first-order valence-corrected chi connectivity index (χ1v) is 23.6. The molecule has 3 unspecified atom stereocenters. The van der Waals surface area contributed by atoms with Crippen molar-refractivity contribution in [3.8, 4) is 0 Å². The minimum Gasteiger partial charge on any atom is -0.462 e. The number of carbonyl (C=O) groups excluding carboxylic acids is 2. The van der Waals surface area contributed by atoms with E-state index in [2.05, 4.69) is 62.5 Å². The van der Waals surface area contributed by atoms with Crippen LogP contribution < -0.4 is 0 Å². The Bertz CT molecular complexity index is 1220. The summed E-state index contributed by atoms with van der Waals surface area (Å²) in [7, 11) is 1.42. The van der Waals surface area contributed by atoms with Gasteiger partial charge in [-0.3, -0.25) is 18.6 Å². The lowest BCUT2D eigenvalue weighted by Gasteiger charge is -2.24. The molecule has 0 amide bonds. The second-order valence-corrected chi connectivity index (χ2v) is 17.5. The SMILES string of the molecule is CC/C=C\CC1OC1C/C=C\C/C=C\C/C=C\C/C=C\CCC(=O)O[C@H](COC(=O)CCCCCCCCCCCCCCC)COP(=O)(O)OCC[N+](C)(C)C. The molecular formula is C46H81NO9P+. The van der Waals surface area contributed by atoms with Gasteiger partial charge in [-0.25, -0.2) is 4.57 Å². The molecule has 0 aromatic carbocycles. The summed E-state index contributed by atoms with van der Waals surface area (Å²) in [6.07, 6.45) is 43.2. The summed E-state index contributed by atoms with van der Waals surface area (Å²) in [5, 5.41) is 0. The summed E-state index contributed by atoms with van der Waals surface area (Å²) in [5.41, 5.74) is 0. The molecule has 4 atom stereocenters. The molecule has 10 nitrogen and oxygen atoms in total. The van der Waals surface area contributed by atoms with Crippen LogP contribution in [0.2, 0.25) is 0 Å². The van der Waals surface area contributed by atoms with Crippen LogP contribution in [0, 0.1) is 0 Å². The second-order valence-electron chi connectivity index (χ2n) is 16.1. The van der Waals surface area contributed by atoms with E-state index in [-0.39, 0.29) is 26.1 Å². The molecule has 1 aliphatic rings. The van der Waals surface area contributed by atoms with Gasteiger partial charge in [0, 0.05) is 12.8 Å². The van der Waals surface area contributed by atoms with Crippen molar-refractivity contribution in [2.75, 3.05) is 47.5 Å². The fourth-order valence-corrected chi connectivity index (χ4v) is 6.65. The summed E-state index contributed by atoms with van der Waals surface area (Å²) in [6, 6.07) is 0. The monoisotopic (exact) mass is 823 g/mol. The van der Waals surface area contributed by atoms with E-state index >= 15 is 0 Å². The predicted octanol–water partition coefficient (Wildman–Crippen LogP) is 11.5. The van der Waals surface area contributed by atoms with Crippen LogP contribution >= 0.6 is 7.82 Å². The van der Waals surface area contributed by atoms with Crippen molar-refractivity contribution < 1.29 is 46.8 Å². The van der Waals surface area contributed by atoms with Gasteiger partial charge in [0.25, 0.3) is 0 Å². The van der Waals surface area contributed by atoms with Gasteiger partial charge in [0.15, 0.2) is 6.10 Å². The maximum Gasteiger partial charge on any atom is 0.472 e. The number of phosphoric acid groups is 1. The molecule has 0 saturated carbocycles. The average molecular weight is 823 g/mol. The van der Waals surface area contributed by atoms with Crippen LogP contribution in [0.4, 0.5) is 0 Å². The fourth-order valence-electron chi connectivity index (χ4n) is 5.90. The first-order chi connectivity index (χ1) is 27.5. The number of esters is 2. The molecule has 1 rings (SSSR count). The third-order valence-electron chi connectivity index (χ3n) is 9.48. The third kappa shape index (κ3) is 35.3. The molecule has 1 fully saturated rings. The Morgan fingerprint density at radius 2 is 1.16 bits per heavy atom. The molecule has 1 N–H and O–H groups in total. The molecule has 1 aliphatic heterocycles. The van der Waals surface area contributed by atoms with Crippen LogP contribution in [0.5, 0.6) is 0 Å². The van der Waals surface area contributed by atoms with Crippen LogP contribution in [0.15, 0.2) is 60.8 Å². The zero-order valence-corrected chi connectivity index (χ0v) is 37.4. The highest BCUT2D eigenvalue weighted by molar-refractivity contribution is 7.47. The van der Waals surface area contributed by atoms with Crippen molar-refractivity contribution >= 4 is 19.8 Å². The van der Waals surface area contributed by atoms with Crippen LogP contribution in [0.1, 0.15) is 155 Å². The number of epoxide rings is 1. The number of nitrogens with zero attached hydrogens (tertiary/aromatic N) is 1. The minimum atomic E-state index is -4.40. The summed E-state index contributed by atoms with van der Waals surface area (Å²) < 4.78 is 39.9. The number of hydrogen-bond acceptors (Lipinski definition) is 8. The summed E-state index contributed by atoms with van der Waals surface area (Å²) in [6.45, 7) is 4.20. The van der Waals surface area contributed by atoms with Crippen LogP contribution in [-0.4, -0.2) is 87.1 Å². The molecule has 0 aromatic heterocycles. The Labute approximate surface area is 347 Å². The Morgan fingerprint density at radius 1 is 0.649 bits per heavy atom. The van der Waals surface area contributed by atoms with E-state index in [9.17, 15) is 19.0 Å². The first-order valence-electron chi connectivity index (χ1n) is 22.1. The Morgan fingerprint density at radius 3 is 1.70 bits per heavy atom. The van der Waals surface area contributed by atoms with Gasteiger partial charge >= 0.3 is 19.8 Å². The van der Waals surface area contributed by atoms with E-state index in [1.807, 2.05) is 33.3 Å². The van der Waals surface area contributed by atoms with Gasteiger partial charge in [0.2, 0.25) is 0 Å².